The molecule has 0 spiro atoms. The van der Waals surface area contributed by atoms with E-state index in [0.29, 0.717) is 5.56 Å². The third-order valence-corrected chi connectivity index (χ3v) is 8.54. The van der Waals surface area contributed by atoms with E-state index in [1.807, 2.05) is 60.2 Å². The Morgan fingerprint density at radius 3 is 2.29 bits per heavy atom. The van der Waals surface area contributed by atoms with Crippen LogP contribution in [0.4, 0.5) is 0 Å². The molecular weight excluding hydrogens is 522 g/mol. The summed E-state index contributed by atoms with van der Waals surface area (Å²) in [7, 11) is 0. The third-order valence-electron chi connectivity index (χ3n) is 8.54. The van der Waals surface area contributed by atoms with E-state index < -0.39 is 5.97 Å². The number of hydrogen-bond donors (Lipinski definition) is 2. The van der Waals surface area contributed by atoms with Crippen LogP contribution in [0.1, 0.15) is 63.2 Å². The van der Waals surface area contributed by atoms with Crippen molar-refractivity contribution in [3.63, 3.8) is 0 Å². The molecule has 0 bridgehead atoms. The minimum atomic E-state index is -0.980. The monoisotopic (exact) mass is 551 g/mol. The van der Waals surface area contributed by atoms with Gasteiger partial charge in [-0.2, -0.15) is 5.10 Å². The minimum absolute atomic E-state index is 0.201. The Kier molecular flexibility index (Phi) is 6.12. The smallest absolute Gasteiger partial charge is 0.335 e. The number of rotatable bonds is 7. The molecule has 2 heterocycles. The Morgan fingerprint density at radius 1 is 0.857 bits per heavy atom. The van der Waals surface area contributed by atoms with Crippen LogP contribution in [-0.4, -0.2) is 26.6 Å². The summed E-state index contributed by atoms with van der Waals surface area (Å²) in [5, 5.41) is 19.6. The largest absolute Gasteiger partial charge is 0.478 e. The lowest BCUT2D eigenvalue weighted by Gasteiger charge is -2.19. The molecule has 2 aromatic heterocycles. The van der Waals surface area contributed by atoms with Gasteiger partial charge < -0.3 is 10.4 Å². The fourth-order valence-corrected chi connectivity index (χ4v) is 6.03. The zero-order valence-corrected chi connectivity index (χ0v) is 23.1. The summed E-state index contributed by atoms with van der Waals surface area (Å²) in [6, 6.07) is 33.3. The van der Waals surface area contributed by atoms with Crippen molar-refractivity contribution in [3.05, 3.63) is 143 Å². The maximum atomic E-state index is 14.1. The van der Waals surface area contributed by atoms with E-state index in [1.165, 1.54) is 16.3 Å². The molecule has 6 heteroatoms. The molecule has 4 aromatic carbocycles. The van der Waals surface area contributed by atoms with Crippen molar-refractivity contribution in [2.45, 2.75) is 31.2 Å². The Hall–Kier alpha value is -5.23. The first-order valence-corrected chi connectivity index (χ1v) is 14.1. The number of carboxylic acids is 1. The van der Waals surface area contributed by atoms with Gasteiger partial charge >= 0.3 is 5.97 Å². The Labute approximate surface area is 243 Å². The van der Waals surface area contributed by atoms with Gasteiger partial charge in [-0.1, -0.05) is 84.9 Å². The van der Waals surface area contributed by atoms with Gasteiger partial charge in [-0.15, -0.1) is 0 Å². The molecule has 1 aliphatic rings. The zero-order chi connectivity index (χ0) is 28.8. The van der Waals surface area contributed by atoms with Gasteiger partial charge in [-0.3, -0.25) is 4.79 Å². The summed E-state index contributed by atoms with van der Waals surface area (Å²) >= 11 is 0. The summed E-state index contributed by atoms with van der Waals surface area (Å²) in [6.07, 6.45) is 5.90. The predicted molar refractivity (Wildman–Crippen MR) is 164 cm³/mol. The number of carbonyl (C=O) groups excluding carboxylic acids is 1. The van der Waals surface area contributed by atoms with Crippen molar-refractivity contribution < 1.29 is 14.7 Å². The normalized spacial score (nSPS) is 14.5. The van der Waals surface area contributed by atoms with Crippen molar-refractivity contribution in [2.75, 3.05) is 0 Å². The van der Waals surface area contributed by atoms with Gasteiger partial charge in [0.2, 0.25) is 0 Å². The number of benzene rings is 4. The number of aromatic carboxylic acids is 1. The second-order valence-corrected chi connectivity index (χ2v) is 11.1. The van der Waals surface area contributed by atoms with Crippen molar-refractivity contribution in [3.8, 4) is 11.1 Å². The lowest BCUT2D eigenvalue weighted by molar-refractivity contribution is 0.0696. The van der Waals surface area contributed by atoms with Gasteiger partial charge in [0.25, 0.3) is 5.91 Å². The average Bonchev–Trinajstić information content (AvgIpc) is 3.72. The highest BCUT2D eigenvalue weighted by Crippen LogP contribution is 2.55. The SMILES string of the molecule is C[C@H](NC(=O)c1cc(-c2ccccc2)cn2ncc(C3(c4ccc5ccccc5c4)CC3)c12)c1ccc(C(=O)O)cc1. The molecule has 2 N–H and O–H groups in total. The van der Waals surface area contributed by atoms with E-state index in [4.69, 9.17) is 5.10 Å². The number of aromatic nitrogens is 2. The molecule has 6 aromatic rings. The fraction of sp³-hybridized carbons (Fsp3) is 0.139. The summed E-state index contributed by atoms with van der Waals surface area (Å²) in [6.45, 7) is 1.90. The minimum Gasteiger partial charge on any atom is -0.478 e. The lowest BCUT2D eigenvalue weighted by atomic mass is 9.86. The molecule has 0 unspecified atom stereocenters. The van der Waals surface area contributed by atoms with Gasteiger partial charge in [0, 0.05) is 22.7 Å². The molecule has 0 saturated heterocycles. The van der Waals surface area contributed by atoms with Gasteiger partial charge in [0.1, 0.15) is 0 Å². The second-order valence-electron chi connectivity index (χ2n) is 11.1. The summed E-state index contributed by atoms with van der Waals surface area (Å²) < 4.78 is 1.85. The van der Waals surface area contributed by atoms with E-state index >= 15 is 0 Å². The number of amides is 1. The first-order chi connectivity index (χ1) is 20.4. The molecule has 1 amide bonds. The Bertz CT molecular complexity index is 1970. The van der Waals surface area contributed by atoms with Gasteiger partial charge in [-0.25, -0.2) is 9.31 Å². The van der Waals surface area contributed by atoms with Gasteiger partial charge in [-0.05, 0) is 65.4 Å². The van der Waals surface area contributed by atoms with Crippen molar-refractivity contribution >= 4 is 28.2 Å². The van der Waals surface area contributed by atoms with Crippen molar-refractivity contribution in [1.29, 1.82) is 0 Å². The zero-order valence-electron chi connectivity index (χ0n) is 23.1. The maximum absolute atomic E-state index is 14.1. The summed E-state index contributed by atoms with van der Waals surface area (Å²) in [5.41, 5.74) is 6.40. The lowest BCUT2D eigenvalue weighted by Crippen LogP contribution is -2.27. The van der Waals surface area contributed by atoms with Crippen LogP contribution in [0.2, 0.25) is 0 Å². The summed E-state index contributed by atoms with van der Waals surface area (Å²) in [5.74, 6) is -1.18. The molecule has 1 saturated carbocycles. The number of carboxylic acid groups (broad SMARTS) is 1. The second kappa shape index (κ2) is 10.00. The Balaban J connectivity index is 1.33. The number of fused-ring (bicyclic) bond motifs is 2. The number of nitrogens with zero attached hydrogens (tertiary/aromatic N) is 2. The van der Waals surface area contributed by atoms with E-state index in [-0.39, 0.29) is 22.9 Å². The highest BCUT2D eigenvalue weighted by molar-refractivity contribution is 6.03. The van der Waals surface area contributed by atoms with E-state index in [9.17, 15) is 14.7 Å². The van der Waals surface area contributed by atoms with Gasteiger partial charge in [0.15, 0.2) is 0 Å². The Morgan fingerprint density at radius 2 is 1.57 bits per heavy atom. The van der Waals surface area contributed by atoms with Crippen LogP contribution < -0.4 is 5.32 Å². The molecule has 6 nitrogen and oxygen atoms in total. The molecule has 42 heavy (non-hydrogen) atoms. The standard InChI is InChI=1S/C36H29N3O3/c1-23(24-11-13-27(14-12-24)35(41)42)38-34(40)31-20-29(25-7-3-2-4-8-25)22-39-33(31)32(21-37-39)36(17-18-36)30-16-15-26-9-5-6-10-28(26)19-30/h2-16,19-23H,17-18H2,1H3,(H,38,40)(H,41,42)/t23-/m0/s1. The average molecular weight is 552 g/mol. The van der Waals surface area contributed by atoms with E-state index in [0.717, 1.165) is 40.6 Å². The first kappa shape index (κ1) is 25.7. The molecule has 7 rings (SSSR count). The van der Waals surface area contributed by atoms with Crippen LogP contribution >= 0.6 is 0 Å². The van der Waals surface area contributed by atoms with E-state index in [2.05, 4.69) is 47.8 Å². The number of carbonyl (C=O) groups is 2. The van der Waals surface area contributed by atoms with Gasteiger partial charge in [0.05, 0.1) is 28.9 Å². The van der Waals surface area contributed by atoms with E-state index in [1.54, 1.807) is 24.3 Å². The molecule has 206 valence electrons. The number of pyridine rings is 1. The molecule has 0 aliphatic heterocycles. The molecule has 0 radical (unpaired) electrons. The molecule has 1 aliphatic carbocycles. The quantitative estimate of drug-likeness (QED) is 0.216. The topological polar surface area (TPSA) is 83.7 Å². The highest BCUT2D eigenvalue weighted by Gasteiger charge is 2.48. The van der Waals surface area contributed by atoms with Crippen LogP contribution in [0.25, 0.3) is 27.4 Å². The highest BCUT2D eigenvalue weighted by atomic mass is 16.4. The number of hydrogen-bond acceptors (Lipinski definition) is 3. The molecule has 1 fully saturated rings. The van der Waals surface area contributed by atoms with Crippen molar-refractivity contribution in [2.24, 2.45) is 0 Å². The van der Waals surface area contributed by atoms with Crippen molar-refractivity contribution in [1.82, 2.24) is 14.9 Å². The molecular formula is C36H29N3O3. The molecule has 1 atom stereocenters. The van der Waals surface area contributed by atoms with Crippen LogP contribution in [0, 0.1) is 0 Å². The first-order valence-electron chi connectivity index (χ1n) is 14.1. The van der Waals surface area contributed by atoms with Crippen LogP contribution in [0.5, 0.6) is 0 Å². The predicted octanol–water partition coefficient (Wildman–Crippen LogP) is 7.42. The third kappa shape index (κ3) is 4.41. The van der Waals surface area contributed by atoms with Crippen LogP contribution in [0.15, 0.2) is 116 Å². The fourth-order valence-electron chi connectivity index (χ4n) is 6.03. The van der Waals surface area contributed by atoms with Crippen LogP contribution in [-0.2, 0) is 5.41 Å². The maximum Gasteiger partial charge on any atom is 0.335 e. The number of nitrogens with one attached hydrogen (secondary N) is 1. The summed E-state index contributed by atoms with van der Waals surface area (Å²) in [4.78, 5) is 25.4. The van der Waals surface area contributed by atoms with Crippen LogP contribution in [0.3, 0.4) is 0 Å².